The quantitative estimate of drug-likeness (QED) is 0.853. The molecule has 142 valence electrons. The zero-order valence-corrected chi connectivity index (χ0v) is 14.6. The van der Waals surface area contributed by atoms with E-state index >= 15 is 0 Å². The van der Waals surface area contributed by atoms with Crippen molar-refractivity contribution in [1.82, 2.24) is 9.78 Å². The molecule has 1 aromatic heterocycles. The van der Waals surface area contributed by atoms with E-state index in [2.05, 4.69) is 9.82 Å². The first-order valence-corrected chi connectivity index (χ1v) is 9.53. The SMILES string of the molecule is O=S(=O)(Nc1cnn(CC2CCOCC2)c1)c1cccc(C(F)(F)F)c1. The Bertz CT molecular complexity index is 859. The molecule has 0 atom stereocenters. The van der Waals surface area contributed by atoms with Crippen molar-refractivity contribution in [3.8, 4) is 0 Å². The van der Waals surface area contributed by atoms with Crippen LogP contribution in [0, 0.1) is 5.92 Å². The predicted octanol–water partition coefficient (Wildman–Crippen LogP) is 3.13. The molecule has 2 aromatic rings. The van der Waals surface area contributed by atoms with E-state index in [0.29, 0.717) is 31.7 Å². The molecule has 0 radical (unpaired) electrons. The fourth-order valence-electron chi connectivity index (χ4n) is 2.76. The van der Waals surface area contributed by atoms with E-state index in [9.17, 15) is 21.6 Å². The van der Waals surface area contributed by atoms with Gasteiger partial charge in [0, 0.05) is 26.0 Å². The summed E-state index contributed by atoms with van der Waals surface area (Å²) >= 11 is 0. The highest BCUT2D eigenvalue weighted by Crippen LogP contribution is 2.30. The van der Waals surface area contributed by atoms with Gasteiger partial charge in [-0.1, -0.05) is 6.07 Å². The second-order valence-electron chi connectivity index (χ2n) is 6.14. The first kappa shape index (κ1) is 18.7. The number of rotatable bonds is 5. The van der Waals surface area contributed by atoms with Gasteiger partial charge in [-0.3, -0.25) is 9.40 Å². The molecule has 1 aliphatic heterocycles. The van der Waals surface area contributed by atoms with Gasteiger partial charge < -0.3 is 4.74 Å². The zero-order valence-electron chi connectivity index (χ0n) is 13.7. The van der Waals surface area contributed by atoms with Gasteiger partial charge in [-0.05, 0) is 37.0 Å². The van der Waals surface area contributed by atoms with Gasteiger partial charge in [-0.25, -0.2) is 8.42 Å². The van der Waals surface area contributed by atoms with E-state index in [4.69, 9.17) is 4.74 Å². The molecule has 3 rings (SSSR count). The van der Waals surface area contributed by atoms with E-state index in [1.807, 2.05) is 0 Å². The van der Waals surface area contributed by atoms with Crippen LogP contribution < -0.4 is 4.72 Å². The lowest BCUT2D eigenvalue weighted by Gasteiger charge is -2.21. The number of hydrogen-bond donors (Lipinski definition) is 1. The summed E-state index contributed by atoms with van der Waals surface area (Å²) in [6.07, 6.45) is 0.0710. The number of aromatic nitrogens is 2. The number of hydrogen-bond acceptors (Lipinski definition) is 4. The van der Waals surface area contributed by atoms with Gasteiger partial charge in [0.2, 0.25) is 0 Å². The second kappa shape index (κ2) is 7.28. The molecule has 2 heterocycles. The molecule has 0 unspecified atom stereocenters. The lowest BCUT2D eigenvalue weighted by molar-refractivity contribution is -0.137. The monoisotopic (exact) mass is 389 g/mol. The molecular formula is C16H18F3N3O3S. The first-order valence-electron chi connectivity index (χ1n) is 8.04. The maximum Gasteiger partial charge on any atom is 0.416 e. The normalized spacial score (nSPS) is 16.6. The van der Waals surface area contributed by atoms with Crippen molar-refractivity contribution < 1.29 is 26.3 Å². The van der Waals surface area contributed by atoms with Gasteiger partial charge in [0.05, 0.1) is 22.3 Å². The van der Waals surface area contributed by atoms with Crippen molar-refractivity contribution in [3.63, 3.8) is 0 Å². The van der Waals surface area contributed by atoms with E-state index in [1.54, 1.807) is 4.68 Å². The van der Waals surface area contributed by atoms with E-state index in [1.165, 1.54) is 12.4 Å². The van der Waals surface area contributed by atoms with Crippen molar-refractivity contribution in [1.29, 1.82) is 0 Å². The summed E-state index contributed by atoms with van der Waals surface area (Å²) in [6, 6.07) is 3.61. The molecular weight excluding hydrogens is 371 g/mol. The van der Waals surface area contributed by atoms with Crippen molar-refractivity contribution in [2.45, 2.75) is 30.5 Å². The molecule has 1 aliphatic rings. The molecule has 0 aliphatic carbocycles. The van der Waals surface area contributed by atoms with E-state index in [-0.39, 0.29) is 5.69 Å². The summed E-state index contributed by atoms with van der Waals surface area (Å²) in [4.78, 5) is -0.454. The smallest absolute Gasteiger partial charge is 0.381 e. The molecule has 10 heteroatoms. The number of halogens is 3. The number of benzene rings is 1. The van der Waals surface area contributed by atoms with Gasteiger partial charge in [0.1, 0.15) is 0 Å². The summed E-state index contributed by atoms with van der Waals surface area (Å²) in [7, 11) is -4.14. The van der Waals surface area contributed by atoms with Gasteiger partial charge >= 0.3 is 6.18 Å². The predicted molar refractivity (Wildman–Crippen MR) is 88.0 cm³/mol. The first-order chi connectivity index (χ1) is 12.2. The molecule has 1 aromatic carbocycles. The topological polar surface area (TPSA) is 73.2 Å². The molecule has 0 spiro atoms. The highest BCUT2D eigenvalue weighted by atomic mass is 32.2. The number of alkyl halides is 3. The minimum absolute atomic E-state index is 0.203. The van der Waals surface area contributed by atoms with Crippen LogP contribution in [-0.4, -0.2) is 31.4 Å². The number of nitrogens with zero attached hydrogens (tertiary/aromatic N) is 2. The Labute approximate surface area is 149 Å². The summed E-state index contributed by atoms with van der Waals surface area (Å²) in [6.45, 7) is 2.02. The lowest BCUT2D eigenvalue weighted by atomic mass is 10.0. The second-order valence-corrected chi connectivity index (χ2v) is 7.82. The largest absolute Gasteiger partial charge is 0.416 e. The van der Waals surface area contributed by atoms with Gasteiger partial charge in [0.15, 0.2) is 0 Å². The maximum atomic E-state index is 12.8. The summed E-state index contributed by atoms with van der Waals surface area (Å²) in [5, 5.41) is 4.11. The van der Waals surface area contributed by atoms with Crippen LogP contribution in [0.2, 0.25) is 0 Å². The van der Waals surface area contributed by atoms with Crippen LogP contribution in [-0.2, 0) is 27.5 Å². The molecule has 6 nitrogen and oxygen atoms in total. The number of ether oxygens (including phenoxy) is 1. The number of nitrogens with one attached hydrogen (secondary N) is 1. The Balaban J connectivity index is 1.72. The summed E-state index contributed by atoms with van der Waals surface area (Å²) < 4.78 is 72.2. The van der Waals surface area contributed by atoms with Crippen LogP contribution >= 0.6 is 0 Å². The van der Waals surface area contributed by atoms with Crippen molar-refractivity contribution in [2.75, 3.05) is 17.9 Å². The zero-order chi connectivity index (χ0) is 18.8. The van der Waals surface area contributed by atoms with Gasteiger partial charge in [-0.2, -0.15) is 18.3 Å². The average molecular weight is 389 g/mol. The van der Waals surface area contributed by atoms with E-state index in [0.717, 1.165) is 31.0 Å². The third kappa shape index (κ3) is 4.55. The van der Waals surface area contributed by atoms with Crippen LogP contribution in [0.4, 0.5) is 18.9 Å². The highest BCUT2D eigenvalue weighted by molar-refractivity contribution is 7.92. The average Bonchev–Trinajstić information content (AvgIpc) is 3.01. The summed E-state index contributed by atoms with van der Waals surface area (Å²) in [5.74, 6) is 0.400. The number of anilines is 1. The van der Waals surface area contributed by atoms with Crippen molar-refractivity contribution >= 4 is 15.7 Å². The van der Waals surface area contributed by atoms with Crippen LogP contribution in [0.25, 0.3) is 0 Å². The molecule has 1 fully saturated rings. The van der Waals surface area contributed by atoms with Crippen LogP contribution in [0.5, 0.6) is 0 Å². The van der Waals surface area contributed by atoms with Gasteiger partial charge in [-0.15, -0.1) is 0 Å². The fourth-order valence-corrected chi connectivity index (χ4v) is 3.84. The Kier molecular flexibility index (Phi) is 5.24. The lowest BCUT2D eigenvalue weighted by Crippen LogP contribution is -2.20. The third-order valence-electron chi connectivity index (χ3n) is 4.14. The van der Waals surface area contributed by atoms with E-state index < -0.39 is 26.7 Å². The van der Waals surface area contributed by atoms with Crippen LogP contribution in [0.3, 0.4) is 0 Å². The van der Waals surface area contributed by atoms with Crippen molar-refractivity contribution in [3.05, 3.63) is 42.2 Å². The molecule has 1 saturated heterocycles. The standard InChI is InChI=1S/C16H18F3N3O3S/c17-16(18,19)13-2-1-3-15(8-13)26(23,24)21-14-9-20-22(11-14)10-12-4-6-25-7-5-12/h1-3,8-9,11-12,21H,4-7,10H2. The minimum Gasteiger partial charge on any atom is -0.381 e. The fraction of sp³-hybridized carbons (Fsp3) is 0.438. The van der Waals surface area contributed by atoms with Crippen LogP contribution in [0.1, 0.15) is 18.4 Å². The molecule has 26 heavy (non-hydrogen) atoms. The maximum absolute atomic E-state index is 12.8. The van der Waals surface area contributed by atoms with Crippen LogP contribution in [0.15, 0.2) is 41.6 Å². The minimum atomic E-state index is -4.61. The Morgan fingerprint density at radius 2 is 2.00 bits per heavy atom. The highest BCUT2D eigenvalue weighted by Gasteiger charge is 2.31. The summed E-state index contributed by atoms with van der Waals surface area (Å²) in [5.41, 5.74) is -0.815. The molecule has 0 bridgehead atoms. The Hall–Kier alpha value is -2.07. The van der Waals surface area contributed by atoms with Crippen molar-refractivity contribution in [2.24, 2.45) is 5.92 Å². The third-order valence-corrected chi connectivity index (χ3v) is 5.52. The van der Waals surface area contributed by atoms with Gasteiger partial charge in [0.25, 0.3) is 10.0 Å². The molecule has 0 amide bonds. The Morgan fingerprint density at radius 1 is 1.27 bits per heavy atom. The molecule has 1 N–H and O–H groups in total. The Morgan fingerprint density at radius 3 is 2.69 bits per heavy atom. The number of sulfonamides is 1. The molecule has 0 saturated carbocycles.